The van der Waals surface area contributed by atoms with Crippen LogP contribution in [0, 0.1) is 0 Å². The fourth-order valence-electron chi connectivity index (χ4n) is 2.85. The van der Waals surface area contributed by atoms with Gasteiger partial charge >= 0.3 is 0 Å². The van der Waals surface area contributed by atoms with E-state index in [2.05, 4.69) is 22.8 Å². The van der Waals surface area contributed by atoms with E-state index in [4.69, 9.17) is 0 Å². The molecule has 2 aromatic rings. The number of fused-ring (bicyclic) bond motifs is 2. The first-order valence-electron chi connectivity index (χ1n) is 10.5. The fraction of sp³-hybridized carbons (Fsp3) is 0.391. The number of carbonyl (C=O) groups excluding carboxylic acids is 2. The van der Waals surface area contributed by atoms with E-state index in [9.17, 15) is 9.59 Å². The Labute approximate surface area is 212 Å². The predicted molar refractivity (Wildman–Crippen MR) is 148 cm³/mol. The lowest BCUT2D eigenvalue weighted by Crippen LogP contribution is -2.15. The zero-order valence-corrected chi connectivity index (χ0v) is 21.9. The molecule has 3 rings (SSSR count). The zero-order chi connectivity index (χ0) is 22.4. The van der Waals surface area contributed by atoms with Crippen molar-refractivity contribution in [2.75, 3.05) is 56.7 Å². The zero-order valence-electron chi connectivity index (χ0n) is 17.8. The van der Waals surface area contributed by atoms with Gasteiger partial charge in [-0.15, -0.1) is 23.5 Å². The van der Waals surface area contributed by atoms with Gasteiger partial charge in [-0.2, -0.15) is 35.3 Å². The van der Waals surface area contributed by atoms with Gasteiger partial charge < -0.3 is 10.6 Å². The molecular weight excluding hydrogens is 497 g/mol. The molecule has 0 aliphatic carbocycles. The Balaban J connectivity index is 1.60. The van der Waals surface area contributed by atoms with Crippen LogP contribution in [0.4, 0.5) is 11.4 Å². The van der Waals surface area contributed by atoms with Gasteiger partial charge in [0.2, 0.25) is 11.8 Å². The molecule has 9 heteroatoms. The Hall–Kier alpha value is -0.870. The molecule has 0 fully saturated rings. The van der Waals surface area contributed by atoms with Gasteiger partial charge in [-0.25, -0.2) is 0 Å². The number of hydrogen-bond acceptors (Lipinski definition) is 7. The number of amides is 2. The van der Waals surface area contributed by atoms with Crippen LogP contribution < -0.4 is 10.6 Å². The fourth-order valence-corrected chi connectivity index (χ4v) is 7.85. The van der Waals surface area contributed by atoms with Crippen LogP contribution in [0.1, 0.15) is 6.42 Å². The summed E-state index contributed by atoms with van der Waals surface area (Å²) >= 11 is 8.77. The van der Waals surface area contributed by atoms with E-state index in [1.54, 1.807) is 47.0 Å². The molecule has 1 aliphatic rings. The van der Waals surface area contributed by atoms with E-state index in [-0.39, 0.29) is 11.8 Å². The van der Waals surface area contributed by atoms with E-state index in [0.29, 0.717) is 11.5 Å². The van der Waals surface area contributed by atoms with Crippen LogP contribution in [0.5, 0.6) is 0 Å². The maximum atomic E-state index is 12.3. The molecule has 0 saturated carbocycles. The largest absolute Gasteiger partial charge is 0.324 e. The van der Waals surface area contributed by atoms with Gasteiger partial charge in [0.15, 0.2) is 0 Å². The van der Waals surface area contributed by atoms with E-state index in [0.717, 1.165) is 62.1 Å². The van der Waals surface area contributed by atoms with Crippen LogP contribution in [0.25, 0.3) is 0 Å². The van der Waals surface area contributed by atoms with Crippen LogP contribution in [0.15, 0.2) is 58.3 Å². The molecule has 0 atom stereocenters. The van der Waals surface area contributed by atoms with E-state index in [1.807, 2.05) is 48.2 Å². The minimum Gasteiger partial charge on any atom is -0.324 e. The Kier molecular flexibility index (Phi) is 12.2. The lowest BCUT2D eigenvalue weighted by molar-refractivity contribution is -0.114. The van der Waals surface area contributed by atoms with E-state index in [1.165, 1.54) is 0 Å². The molecular formula is C23H28N2O2S5. The van der Waals surface area contributed by atoms with Crippen molar-refractivity contribution in [3.8, 4) is 0 Å². The minimum atomic E-state index is 0.0592. The van der Waals surface area contributed by atoms with Gasteiger partial charge in [-0.1, -0.05) is 24.3 Å². The Morgan fingerprint density at radius 2 is 1.00 bits per heavy atom. The normalized spacial score (nSPS) is 18.1. The summed E-state index contributed by atoms with van der Waals surface area (Å²) in [5.41, 5.74) is 1.80. The average Bonchev–Trinajstić information content (AvgIpc) is 2.79. The van der Waals surface area contributed by atoms with Crippen LogP contribution >= 0.6 is 58.8 Å². The predicted octanol–water partition coefficient (Wildman–Crippen LogP) is 6.05. The molecule has 0 aromatic heterocycles. The third-order valence-corrected chi connectivity index (χ3v) is 10.1. The SMILES string of the molecule is O=C1CSCCSCCSCC(=O)Nc2ccccc2SCCCSc2ccccc2N1. The molecule has 32 heavy (non-hydrogen) atoms. The smallest absolute Gasteiger partial charge is 0.234 e. The lowest BCUT2D eigenvalue weighted by atomic mass is 10.3. The van der Waals surface area contributed by atoms with Crippen molar-refractivity contribution >= 4 is 82.0 Å². The van der Waals surface area contributed by atoms with Crippen molar-refractivity contribution in [3.63, 3.8) is 0 Å². The highest BCUT2D eigenvalue weighted by molar-refractivity contribution is 8.04. The van der Waals surface area contributed by atoms with Crippen molar-refractivity contribution in [1.82, 2.24) is 0 Å². The van der Waals surface area contributed by atoms with Crippen LogP contribution in [0.3, 0.4) is 0 Å². The highest BCUT2D eigenvalue weighted by atomic mass is 32.2. The van der Waals surface area contributed by atoms with Crippen LogP contribution in [-0.2, 0) is 9.59 Å². The quantitative estimate of drug-likeness (QED) is 0.435. The number of rotatable bonds is 0. The second-order valence-corrected chi connectivity index (χ2v) is 12.6. The number of anilines is 2. The first-order valence-corrected chi connectivity index (χ1v) is 15.9. The summed E-state index contributed by atoms with van der Waals surface area (Å²) in [6, 6.07) is 16.0. The Morgan fingerprint density at radius 1 is 0.562 bits per heavy atom. The molecule has 0 unspecified atom stereocenters. The second-order valence-electron chi connectivity index (χ2n) is 6.86. The number of carbonyl (C=O) groups is 2. The third-order valence-electron chi connectivity index (χ3n) is 4.34. The van der Waals surface area contributed by atoms with Gasteiger partial charge in [0.05, 0.1) is 22.9 Å². The number of nitrogens with one attached hydrogen (secondary N) is 2. The number of thioether (sulfide) groups is 5. The lowest BCUT2D eigenvalue weighted by Gasteiger charge is -2.12. The average molecular weight is 525 g/mol. The van der Waals surface area contributed by atoms with Crippen molar-refractivity contribution in [2.45, 2.75) is 16.2 Å². The van der Waals surface area contributed by atoms with Crippen LogP contribution in [-0.4, -0.2) is 57.8 Å². The molecule has 0 bridgehead atoms. The molecule has 2 aromatic carbocycles. The van der Waals surface area contributed by atoms with Crippen molar-refractivity contribution in [2.24, 2.45) is 0 Å². The third kappa shape index (κ3) is 9.55. The molecule has 0 radical (unpaired) electrons. The van der Waals surface area contributed by atoms with Crippen molar-refractivity contribution in [1.29, 1.82) is 0 Å². The number of para-hydroxylation sites is 2. The van der Waals surface area contributed by atoms with Crippen molar-refractivity contribution < 1.29 is 9.59 Å². The van der Waals surface area contributed by atoms with E-state index < -0.39 is 0 Å². The number of hydrogen-bond donors (Lipinski definition) is 2. The van der Waals surface area contributed by atoms with Crippen LogP contribution in [0.2, 0.25) is 0 Å². The first kappa shape index (κ1) is 25.7. The molecule has 2 N–H and O–H groups in total. The summed E-state index contributed by atoms with van der Waals surface area (Å²) in [7, 11) is 0. The standard InChI is InChI=1S/C23H28N2O2S5/c26-22-16-29-14-12-28-13-15-30-17-23(27)25-19-7-2-4-9-21(19)32-11-5-10-31-20-8-3-1-6-18(20)24-22/h1-4,6-9H,5,10-17H2,(H,24,26)(H,25,27). The van der Waals surface area contributed by atoms with Gasteiger partial charge in [0, 0.05) is 32.8 Å². The maximum Gasteiger partial charge on any atom is 0.234 e. The minimum absolute atomic E-state index is 0.0592. The second kappa shape index (κ2) is 15.1. The highest BCUT2D eigenvalue weighted by Crippen LogP contribution is 2.31. The highest BCUT2D eigenvalue weighted by Gasteiger charge is 2.10. The molecule has 0 saturated heterocycles. The van der Waals surface area contributed by atoms with Gasteiger partial charge in [-0.3, -0.25) is 9.59 Å². The van der Waals surface area contributed by atoms with E-state index >= 15 is 0 Å². The Morgan fingerprint density at radius 3 is 1.50 bits per heavy atom. The maximum absolute atomic E-state index is 12.3. The first-order chi connectivity index (χ1) is 15.7. The van der Waals surface area contributed by atoms with Crippen molar-refractivity contribution in [3.05, 3.63) is 48.5 Å². The van der Waals surface area contributed by atoms with Gasteiger partial charge in [0.1, 0.15) is 0 Å². The summed E-state index contributed by atoms with van der Waals surface area (Å²) in [6.45, 7) is 0. The summed E-state index contributed by atoms with van der Waals surface area (Å²) in [5, 5.41) is 6.16. The molecule has 172 valence electrons. The topological polar surface area (TPSA) is 58.2 Å². The van der Waals surface area contributed by atoms with Gasteiger partial charge in [0.25, 0.3) is 0 Å². The summed E-state index contributed by atoms with van der Waals surface area (Å²) in [4.78, 5) is 26.9. The molecule has 1 aliphatic heterocycles. The summed E-state index contributed by atoms with van der Waals surface area (Å²) in [6.07, 6.45) is 1.03. The molecule has 2 amide bonds. The molecule has 0 spiro atoms. The number of benzene rings is 2. The summed E-state index contributed by atoms with van der Waals surface area (Å²) in [5.74, 6) is 6.95. The Bertz CT molecular complexity index is 811. The molecule has 1 heterocycles. The van der Waals surface area contributed by atoms with Gasteiger partial charge in [-0.05, 0) is 42.2 Å². The summed E-state index contributed by atoms with van der Waals surface area (Å²) < 4.78 is 0. The molecule has 4 nitrogen and oxygen atoms in total. The monoisotopic (exact) mass is 524 g/mol.